The maximum absolute atomic E-state index is 12.3. The van der Waals surface area contributed by atoms with Gasteiger partial charge in [-0.2, -0.15) is 0 Å². The molecule has 1 amide bonds. The Labute approximate surface area is 144 Å². The van der Waals surface area contributed by atoms with Gasteiger partial charge in [-0.25, -0.2) is 9.97 Å². The molecule has 1 saturated heterocycles. The van der Waals surface area contributed by atoms with Gasteiger partial charge in [0.15, 0.2) is 0 Å². The maximum Gasteiger partial charge on any atom is 0.237 e. The van der Waals surface area contributed by atoms with Crippen LogP contribution in [-0.2, 0) is 4.79 Å². The van der Waals surface area contributed by atoms with Crippen LogP contribution in [0.1, 0.15) is 35.4 Å². The molecule has 0 aromatic carbocycles. The molecule has 0 aliphatic carbocycles. The zero-order valence-corrected chi connectivity index (χ0v) is 14.9. The number of likely N-dealkylation sites (tertiary alicyclic amines) is 1. The molecule has 24 heavy (non-hydrogen) atoms. The van der Waals surface area contributed by atoms with E-state index in [0.717, 1.165) is 30.1 Å². The fourth-order valence-electron chi connectivity index (χ4n) is 2.91. The summed E-state index contributed by atoms with van der Waals surface area (Å²) in [6.07, 6.45) is 1.91. The van der Waals surface area contributed by atoms with E-state index in [1.54, 1.807) is 7.05 Å². The number of likely N-dealkylation sites (N-methyl/N-ethyl adjacent to an activating group) is 1. The van der Waals surface area contributed by atoms with Crippen LogP contribution in [0.2, 0.25) is 0 Å². The minimum atomic E-state index is 0.00394. The van der Waals surface area contributed by atoms with Crippen molar-refractivity contribution in [2.45, 2.75) is 32.7 Å². The van der Waals surface area contributed by atoms with Crippen molar-refractivity contribution in [1.82, 2.24) is 30.4 Å². The Morgan fingerprint density at radius 1 is 1.38 bits per heavy atom. The lowest BCUT2D eigenvalue weighted by atomic mass is 10.1. The fraction of sp³-hybridized carbons (Fsp3) is 0.533. The summed E-state index contributed by atoms with van der Waals surface area (Å²) in [6.45, 7) is 4.88. The first-order chi connectivity index (χ1) is 11.6. The summed E-state index contributed by atoms with van der Waals surface area (Å²) in [4.78, 5) is 23.2. The Hall–Kier alpha value is -2.13. The molecule has 2 aromatic heterocycles. The van der Waals surface area contributed by atoms with E-state index < -0.39 is 0 Å². The highest BCUT2D eigenvalue weighted by Crippen LogP contribution is 2.32. The Balaban J connectivity index is 1.83. The van der Waals surface area contributed by atoms with Crippen molar-refractivity contribution < 1.29 is 4.79 Å². The quantitative estimate of drug-likeness (QED) is 0.847. The largest absolute Gasteiger partial charge is 0.333 e. The predicted octanol–water partition coefficient (Wildman–Crippen LogP) is 1.57. The molecule has 3 heterocycles. The first-order valence-electron chi connectivity index (χ1n) is 7.93. The van der Waals surface area contributed by atoms with Gasteiger partial charge in [-0.15, -0.1) is 10.2 Å². The number of rotatable bonds is 5. The average Bonchev–Trinajstić information content (AvgIpc) is 3.16. The van der Waals surface area contributed by atoms with E-state index >= 15 is 0 Å². The van der Waals surface area contributed by atoms with Crippen molar-refractivity contribution in [1.29, 1.82) is 0 Å². The zero-order chi connectivity index (χ0) is 17.1. The van der Waals surface area contributed by atoms with E-state index in [-0.39, 0.29) is 11.9 Å². The lowest BCUT2D eigenvalue weighted by Crippen LogP contribution is -2.37. The molecule has 1 aliphatic rings. The highest BCUT2D eigenvalue weighted by Gasteiger charge is 2.31. The van der Waals surface area contributed by atoms with Crippen molar-refractivity contribution in [3.05, 3.63) is 22.6 Å². The van der Waals surface area contributed by atoms with Crippen molar-refractivity contribution in [2.24, 2.45) is 0 Å². The molecule has 0 radical (unpaired) electrons. The monoisotopic (exact) mass is 347 g/mol. The van der Waals surface area contributed by atoms with Gasteiger partial charge < -0.3 is 15.5 Å². The number of anilines is 2. The Morgan fingerprint density at radius 2 is 2.21 bits per heavy atom. The number of aryl methyl sites for hydroxylation is 2. The molecule has 0 spiro atoms. The SMILES string of the molecule is CNCC(=O)N1CCC[C@H]1c1cc(Nc2nnc(C)s2)nc(C)n1. The number of carbonyl (C=O) groups is 1. The normalized spacial score (nSPS) is 17.3. The van der Waals surface area contributed by atoms with Gasteiger partial charge >= 0.3 is 0 Å². The molecule has 2 N–H and O–H groups in total. The standard InChI is InChI=1S/C15H21N7OS/c1-9-17-11(12-5-4-6-22(12)14(23)8-16-3)7-13(18-9)19-15-21-20-10(2)24-15/h7,12,16H,4-6,8H2,1-3H3,(H,17,18,19,21)/t12-/m0/s1. The maximum atomic E-state index is 12.3. The number of hydrogen-bond acceptors (Lipinski definition) is 8. The molecule has 8 nitrogen and oxygen atoms in total. The topological polar surface area (TPSA) is 95.9 Å². The third-order valence-corrected chi connectivity index (χ3v) is 4.62. The van der Waals surface area contributed by atoms with Crippen LogP contribution >= 0.6 is 11.3 Å². The second-order valence-corrected chi connectivity index (χ2v) is 6.93. The molecular weight excluding hydrogens is 326 g/mol. The van der Waals surface area contributed by atoms with Crippen LogP contribution < -0.4 is 10.6 Å². The van der Waals surface area contributed by atoms with E-state index in [0.29, 0.717) is 23.3 Å². The van der Waals surface area contributed by atoms with Gasteiger partial charge in [0.25, 0.3) is 0 Å². The molecule has 1 aliphatic heterocycles. The second kappa shape index (κ2) is 7.18. The third kappa shape index (κ3) is 3.68. The van der Waals surface area contributed by atoms with E-state index in [1.807, 2.05) is 24.8 Å². The minimum Gasteiger partial charge on any atom is -0.333 e. The Bertz CT molecular complexity index is 732. The molecule has 128 valence electrons. The average molecular weight is 347 g/mol. The molecule has 0 unspecified atom stereocenters. The molecule has 9 heteroatoms. The molecule has 3 rings (SSSR count). The van der Waals surface area contributed by atoms with Gasteiger partial charge in [0.2, 0.25) is 11.0 Å². The smallest absolute Gasteiger partial charge is 0.237 e. The minimum absolute atomic E-state index is 0.00394. The third-order valence-electron chi connectivity index (χ3n) is 3.86. The van der Waals surface area contributed by atoms with Crippen LogP contribution in [0.4, 0.5) is 10.9 Å². The van der Waals surface area contributed by atoms with Gasteiger partial charge in [0.1, 0.15) is 16.6 Å². The van der Waals surface area contributed by atoms with Crippen LogP contribution in [0.3, 0.4) is 0 Å². The van der Waals surface area contributed by atoms with Gasteiger partial charge in [-0.1, -0.05) is 11.3 Å². The lowest BCUT2D eigenvalue weighted by Gasteiger charge is -2.24. The summed E-state index contributed by atoms with van der Waals surface area (Å²) < 4.78 is 0. The predicted molar refractivity (Wildman–Crippen MR) is 92.3 cm³/mol. The number of nitrogens with zero attached hydrogens (tertiary/aromatic N) is 5. The molecule has 1 fully saturated rings. The number of carbonyl (C=O) groups excluding carboxylic acids is 1. The molecular formula is C15H21N7OS. The van der Waals surface area contributed by atoms with Crippen LogP contribution in [-0.4, -0.2) is 51.1 Å². The number of hydrogen-bond donors (Lipinski definition) is 2. The Kier molecular flexibility index (Phi) is 5.00. The van der Waals surface area contributed by atoms with E-state index in [1.165, 1.54) is 11.3 Å². The van der Waals surface area contributed by atoms with E-state index in [9.17, 15) is 4.79 Å². The van der Waals surface area contributed by atoms with E-state index in [2.05, 4.69) is 30.8 Å². The zero-order valence-electron chi connectivity index (χ0n) is 14.0. The summed E-state index contributed by atoms with van der Waals surface area (Å²) >= 11 is 1.47. The molecule has 1 atom stereocenters. The van der Waals surface area contributed by atoms with Gasteiger partial charge in [-0.05, 0) is 33.7 Å². The highest BCUT2D eigenvalue weighted by atomic mass is 32.1. The number of amides is 1. The number of aromatic nitrogens is 4. The van der Waals surface area contributed by atoms with Crippen molar-refractivity contribution in [3.63, 3.8) is 0 Å². The first-order valence-corrected chi connectivity index (χ1v) is 8.75. The van der Waals surface area contributed by atoms with Crippen molar-refractivity contribution in [2.75, 3.05) is 25.5 Å². The summed E-state index contributed by atoms with van der Waals surface area (Å²) in [5.74, 6) is 1.45. The van der Waals surface area contributed by atoms with Crippen LogP contribution in [0, 0.1) is 13.8 Å². The van der Waals surface area contributed by atoms with Crippen molar-refractivity contribution >= 4 is 28.2 Å². The first kappa shape index (κ1) is 16.7. The summed E-state index contributed by atoms with van der Waals surface area (Å²) in [5.41, 5.74) is 0.869. The second-order valence-electron chi connectivity index (χ2n) is 5.75. The van der Waals surface area contributed by atoms with Gasteiger partial charge in [-0.3, -0.25) is 4.79 Å². The molecule has 0 bridgehead atoms. The lowest BCUT2D eigenvalue weighted by molar-refractivity contribution is -0.131. The van der Waals surface area contributed by atoms with Crippen LogP contribution in [0.5, 0.6) is 0 Å². The molecule has 2 aromatic rings. The van der Waals surface area contributed by atoms with Crippen LogP contribution in [0.15, 0.2) is 6.07 Å². The molecule has 0 saturated carbocycles. The van der Waals surface area contributed by atoms with Gasteiger partial charge in [0, 0.05) is 12.6 Å². The van der Waals surface area contributed by atoms with E-state index in [4.69, 9.17) is 0 Å². The number of nitrogens with one attached hydrogen (secondary N) is 2. The highest BCUT2D eigenvalue weighted by molar-refractivity contribution is 7.15. The summed E-state index contributed by atoms with van der Waals surface area (Å²) in [7, 11) is 1.78. The van der Waals surface area contributed by atoms with Crippen molar-refractivity contribution in [3.8, 4) is 0 Å². The Morgan fingerprint density at radius 3 is 2.92 bits per heavy atom. The van der Waals surface area contributed by atoms with Crippen LogP contribution in [0.25, 0.3) is 0 Å². The fourth-order valence-corrected chi connectivity index (χ4v) is 3.51. The summed E-state index contributed by atoms with van der Waals surface area (Å²) in [6, 6.07) is 1.91. The summed E-state index contributed by atoms with van der Waals surface area (Å²) in [5, 5.41) is 15.7. The van der Waals surface area contributed by atoms with Gasteiger partial charge in [0.05, 0.1) is 18.3 Å².